The molecule has 0 bridgehead atoms. The van der Waals surface area contributed by atoms with Gasteiger partial charge in [-0.3, -0.25) is 9.59 Å². The van der Waals surface area contributed by atoms with Gasteiger partial charge in [-0.05, 0) is 25.0 Å². The second-order valence-corrected chi connectivity index (χ2v) is 7.91. The van der Waals surface area contributed by atoms with E-state index in [4.69, 9.17) is 4.74 Å². The van der Waals surface area contributed by atoms with Gasteiger partial charge in [0.25, 0.3) is 0 Å². The van der Waals surface area contributed by atoms with Gasteiger partial charge in [0.1, 0.15) is 12.6 Å². The molecule has 7 nitrogen and oxygen atoms in total. The Morgan fingerprint density at radius 3 is 2.92 bits per heavy atom. The fourth-order valence-electron chi connectivity index (χ4n) is 3.67. The molecule has 3 aliphatic heterocycles. The molecule has 4 heterocycles. The molecule has 1 aromatic heterocycles. The van der Waals surface area contributed by atoms with Crippen molar-refractivity contribution < 1.29 is 14.3 Å². The molecule has 1 aromatic rings. The summed E-state index contributed by atoms with van der Waals surface area (Å²) in [5, 5.41) is 0. The molecule has 26 heavy (non-hydrogen) atoms. The summed E-state index contributed by atoms with van der Waals surface area (Å²) in [6.45, 7) is 3.47. The van der Waals surface area contributed by atoms with Crippen molar-refractivity contribution in [3.63, 3.8) is 0 Å². The van der Waals surface area contributed by atoms with E-state index in [1.807, 2.05) is 17.0 Å². The molecule has 0 aromatic carbocycles. The Morgan fingerprint density at radius 2 is 2.15 bits per heavy atom. The summed E-state index contributed by atoms with van der Waals surface area (Å²) in [7, 11) is 0. The lowest BCUT2D eigenvalue weighted by atomic mass is 10.3. The molecule has 3 fully saturated rings. The summed E-state index contributed by atoms with van der Waals surface area (Å²) < 4.78 is 6.21. The van der Waals surface area contributed by atoms with Crippen LogP contribution in [0.2, 0.25) is 0 Å². The number of thioether (sulfide) groups is 1. The zero-order valence-corrected chi connectivity index (χ0v) is 15.6. The second kappa shape index (κ2) is 7.73. The largest absolute Gasteiger partial charge is 0.485 e. The molecule has 1 atom stereocenters. The molecule has 3 aliphatic rings. The number of hydrogen-bond donors (Lipinski definition) is 0. The first-order valence-electron chi connectivity index (χ1n) is 9.20. The van der Waals surface area contributed by atoms with Gasteiger partial charge in [-0.15, -0.1) is 11.8 Å². The first-order valence-corrected chi connectivity index (χ1v) is 10.4. The van der Waals surface area contributed by atoms with Gasteiger partial charge in [0.05, 0.1) is 18.2 Å². The molecule has 140 valence electrons. The first kappa shape index (κ1) is 17.5. The number of hydrogen-bond acceptors (Lipinski definition) is 6. The Kier molecular flexibility index (Phi) is 5.19. The van der Waals surface area contributed by atoms with Gasteiger partial charge < -0.3 is 19.4 Å². The fourth-order valence-corrected chi connectivity index (χ4v) is 4.58. The Balaban J connectivity index is 1.34. The van der Waals surface area contributed by atoms with Crippen LogP contribution in [0.4, 0.5) is 5.82 Å². The maximum Gasteiger partial charge on any atom is 0.242 e. The molecule has 0 saturated carbocycles. The minimum absolute atomic E-state index is 0.0119. The van der Waals surface area contributed by atoms with Crippen LogP contribution in [-0.4, -0.2) is 77.1 Å². The van der Waals surface area contributed by atoms with Crippen molar-refractivity contribution in [2.24, 2.45) is 0 Å². The highest BCUT2D eigenvalue weighted by molar-refractivity contribution is 8.00. The van der Waals surface area contributed by atoms with Gasteiger partial charge in [-0.1, -0.05) is 0 Å². The molecule has 0 aliphatic carbocycles. The van der Waals surface area contributed by atoms with E-state index in [-0.39, 0.29) is 24.5 Å². The van der Waals surface area contributed by atoms with Crippen LogP contribution in [0.1, 0.15) is 19.3 Å². The third kappa shape index (κ3) is 3.75. The number of carbonyl (C=O) groups excluding carboxylic acids is 2. The van der Waals surface area contributed by atoms with E-state index < -0.39 is 0 Å². The van der Waals surface area contributed by atoms with Crippen LogP contribution in [0, 0.1) is 0 Å². The predicted octanol–water partition coefficient (Wildman–Crippen LogP) is 1.19. The van der Waals surface area contributed by atoms with Crippen LogP contribution < -0.4 is 9.64 Å². The summed E-state index contributed by atoms with van der Waals surface area (Å²) >= 11 is 1.56. The van der Waals surface area contributed by atoms with Crippen LogP contribution in [0.15, 0.2) is 18.3 Å². The molecule has 0 spiro atoms. The van der Waals surface area contributed by atoms with E-state index >= 15 is 0 Å². The lowest BCUT2D eigenvalue weighted by Gasteiger charge is -2.23. The zero-order valence-electron chi connectivity index (χ0n) is 14.8. The molecular formula is C18H24N4O3S. The number of rotatable bonds is 5. The van der Waals surface area contributed by atoms with Crippen LogP contribution in [0.5, 0.6) is 5.75 Å². The molecule has 0 unspecified atom stereocenters. The van der Waals surface area contributed by atoms with Crippen molar-refractivity contribution in [2.75, 3.05) is 49.3 Å². The number of ether oxygens (including phenoxy) is 1. The summed E-state index contributed by atoms with van der Waals surface area (Å²) in [5.74, 6) is 2.89. The van der Waals surface area contributed by atoms with Gasteiger partial charge in [0.15, 0.2) is 11.6 Å². The van der Waals surface area contributed by atoms with Crippen molar-refractivity contribution in [1.29, 1.82) is 0 Å². The number of amides is 2. The Morgan fingerprint density at radius 1 is 1.31 bits per heavy atom. The number of aromatic nitrogens is 1. The lowest BCUT2D eigenvalue weighted by molar-refractivity contribution is -0.137. The van der Waals surface area contributed by atoms with Gasteiger partial charge in [0.2, 0.25) is 11.8 Å². The van der Waals surface area contributed by atoms with Gasteiger partial charge in [-0.2, -0.15) is 0 Å². The van der Waals surface area contributed by atoms with Crippen LogP contribution in [-0.2, 0) is 9.59 Å². The van der Waals surface area contributed by atoms with Gasteiger partial charge in [0, 0.05) is 32.3 Å². The Hall–Kier alpha value is -1.96. The summed E-state index contributed by atoms with van der Waals surface area (Å²) in [5.41, 5.74) is 0. The maximum absolute atomic E-state index is 12.5. The van der Waals surface area contributed by atoms with E-state index in [9.17, 15) is 9.59 Å². The van der Waals surface area contributed by atoms with Crippen LogP contribution in [0.3, 0.4) is 0 Å². The summed E-state index contributed by atoms with van der Waals surface area (Å²) in [6, 6.07) is 3.86. The third-order valence-corrected chi connectivity index (χ3v) is 6.04. The van der Waals surface area contributed by atoms with Crippen molar-refractivity contribution in [3.8, 4) is 5.75 Å². The van der Waals surface area contributed by atoms with Gasteiger partial charge in [-0.25, -0.2) is 4.98 Å². The van der Waals surface area contributed by atoms with E-state index in [0.29, 0.717) is 24.7 Å². The highest BCUT2D eigenvalue weighted by Crippen LogP contribution is 2.30. The lowest BCUT2D eigenvalue weighted by Crippen LogP contribution is -2.40. The van der Waals surface area contributed by atoms with E-state index in [0.717, 1.165) is 31.1 Å². The average molecular weight is 376 g/mol. The van der Waals surface area contributed by atoms with Crippen LogP contribution >= 0.6 is 11.8 Å². The van der Waals surface area contributed by atoms with Crippen molar-refractivity contribution in [1.82, 2.24) is 14.8 Å². The van der Waals surface area contributed by atoms with E-state index in [1.165, 1.54) is 12.8 Å². The highest BCUT2D eigenvalue weighted by atomic mass is 32.2. The number of nitrogens with zero attached hydrogens (tertiary/aromatic N) is 4. The van der Waals surface area contributed by atoms with Crippen molar-refractivity contribution in [2.45, 2.75) is 25.4 Å². The molecule has 8 heteroatoms. The topological polar surface area (TPSA) is 66.0 Å². The average Bonchev–Trinajstić information content (AvgIpc) is 3.39. The smallest absolute Gasteiger partial charge is 0.242 e. The maximum atomic E-state index is 12.5. The minimum atomic E-state index is -0.0202. The minimum Gasteiger partial charge on any atom is -0.485 e. The third-order valence-electron chi connectivity index (χ3n) is 5.10. The molecular weight excluding hydrogens is 352 g/mol. The number of pyridine rings is 1. The van der Waals surface area contributed by atoms with Crippen LogP contribution in [0.25, 0.3) is 0 Å². The SMILES string of the molecule is O=C1CSCN1CC(=O)N1CC[C@H](Oc2cccnc2N2CCCC2)C1. The number of carbonyl (C=O) groups is 2. The Labute approximate surface area is 157 Å². The molecule has 3 saturated heterocycles. The second-order valence-electron chi connectivity index (χ2n) is 6.96. The van der Waals surface area contributed by atoms with Gasteiger partial charge >= 0.3 is 0 Å². The first-order chi connectivity index (χ1) is 12.7. The van der Waals surface area contributed by atoms with Crippen molar-refractivity contribution >= 4 is 29.4 Å². The predicted molar refractivity (Wildman–Crippen MR) is 100 cm³/mol. The van der Waals surface area contributed by atoms with E-state index in [2.05, 4.69) is 9.88 Å². The van der Waals surface area contributed by atoms with E-state index in [1.54, 1.807) is 22.9 Å². The Bertz CT molecular complexity index is 680. The quantitative estimate of drug-likeness (QED) is 0.769. The number of likely N-dealkylation sites (tertiary alicyclic amines) is 1. The molecule has 4 rings (SSSR count). The van der Waals surface area contributed by atoms with Crippen molar-refractivity contribution in [3.05, 3.63) is 18.3 Å². The number of anilines is 1. The summed E-state index contributed by atoms with van der Waals surface area (Å²) in [4.78, 5) is 34.4. The molecule has 0 radical (unpaired) electrons. The molecule has 0 N–H and O–H groups in total. The molecule has 2 amide bonds. The summed E-state index contributed by atoms with van der Waals surface area (Å²) in [6.07, 6.45) is 4.97. The highest BCUT2D eigenvalue weighted by Gasteiger charge is 2.31. The zero-order chi connectivity index (χ0) is 17.9. The normalized spacial score (nSPS) is 23.2. The standard InChI is InChI=1S/C18H24N4O3S/c23-16(11-22-13-26-12-17(22)24)21-9-5-14(10-21)25-15-4-3-6-19-18(15)20-7-1-2-8-20/h3-4,6,14H,1-2,5,7-13H2/t14-/m0/s1. The fraction of sp³-hybridized carbons (Fsp3) is 0.611. The monoisotopic (exact) mass is 376 g/mol.